The van der Waals surface area contributed by atoms with E-state index < -0.39 is 0 Å². The summed E-state index contributed by atoms with van der Waals surface area (Å²) in [6.45, 7) is 3.49. The van der Waals surface area contributed by atoms with E-state index in [0.717, 1.165) is 10.6 Å². The average molecular weight is 254 g/mol. The number of hydrogen-bond donors (Lipinski definition) is 2. The Hall–Kier alpha value is -1.40. The molecule has 0 saturated heterocycles. The SMILES string of the molecule is C/C=C(\C)C(=O)Nc1c2sscc-2[nH]c1=O. The summed E-state index contributed by atoms with van der Waals surface area (Å²) in [6.07, 6.45) is 1.71. The van der Waals surface area contributed by atoms with E-state index in [0.29, 0.717) is 11.3 Å². The lowest BCUT2D eigenvalue weighted by atomic mass is 10.2. The second-order valence-corrected chi connectivity index (χ2v) is 5.38. The summed E-state index contributed by atoms with van der Waals surface area (Å²) in [5, 5.41) is 4.50. The highest BCUT2D eigenvalue weighted by molar-refractivity contribution is 7.70. The third-order valence-corrected chi connectivity index (χ3v) is 4.37. The molecule has 2 heterocycles. The smallest absolute Gasteiger partial charge is 0.273 e. The van der Waals surface area contributed by atoms with Crippen LogP contribution in [0.2, 0.25) is 0 Å². The number of anilines is 1. The van der Waals surface area contributed by atoms with Crippen molar-refractivity contribution in [2.45, 2.75) is 13.8 Å². The molecule has 0 radical (unpaired) electrons. The first-order valence-corrected chi connectivity index (χ1v) is 6.88. The van der Waals surface area contributed by atoms with Gasteiger partial charge in [-0.3, -0.25) is 9.59 Å². The van der Waals surface area contributed by atoms with E-state index in [-0.39, 0.29) is 11.5 Å². The van der Waals surface area contributed by atoms with Gasteiger partial charge >= 0.3 is 0 Å². The molecule has 0 bridgehead atoms. The highest BCUT2D eigenvalue weighted by Gasteiger charge is 2.19. The minimum absolute atomic E-state index is 0.237. The third kappa shape index (κ3) is 1.81. The topological polar surface area (TPSA) is 62.0 Å². The van der Waals surface area contributed by atoms with E-state index >= 15 is 0 Å². The lowest BCUT2D eigenvalue weighted by Gasteiger charge is -2.01. The minimum Gasteiger partial charge on any atom is -0.319 e. The number of H-pyrrole nitrogens is 1. The number of carbonyl (C=O) groups is 1. The molecule has 0 atom stereocenters. The number of aromatic nitrogens is 1. The molecule has 0 fully saturated rings. The highest BCUT2D eigenvalue weighted by Crippen LogP contribution is 2.35. The predicted octanol–water partition coefficient (Wildman–Crippen LogP) is 2.51. The maximum Gasteiger partial charge on any atom is 0.273 e. The summed E-state index contributed by atoms with van der Waals surface area (Å²) in [5.74, 6) is -0.237. The van der Waals surface area contributed by atoms with E-state index in [1.165, 1.54) is 20.7 Å². The molecule has 0 saturated carbocycles. The molecule has 2 N–H and O–H groups in total. The molecule has 0 aliphatic carbocycles. The quantitative estimate of drug-likeness (QED) is 0.639. The Morgan fingerprint density at radius 3 is 3.00 bits per heavy atom. The number of allylic oxidation sites excluding steroid dienone is 1. The number of nitrogens with one attached hydrogen (secondary N) is 2. The molecule has 0 spiro atoms. The number of carbonyl (C=O) groups excluding carboxylic acids is 1. The van der Waals surface area contributed by atoms with Crippen LogP contribution in [0.15, 0.2) is 21.8 Å². The summed E-state index contributed by atoms with van der Waals surface area (Å²) in [6, 6.07) is 0. The fraction of sp³-hybridized carbons (Fsp3) is 0.200. The van der Waals surface area contributed by atoms with Gasteiger partial charge in [-0.05, 0) is 13.8 Å². The Kier molecular flexibility index (Phi) is 2.93. The van der Waals surface area contributed by atoms with Crippen molar-refractivity contribution in [3.05, 3.63) is 27.4 Å². The summed E-state index contributed by atoms with van der Waals surface area (Å²) in [4.78, 5) is 26.7. The molecule has 0 unspecified atom stereocenters. The van der Waals surface area contributed by atoms with Crippen LogP contribution in [0.25, 0.3) is 10.6 Å². The number of aromatic amines is 1. The van der Waals surface area contributed by atoms with Gasteiger partial charge < -0.3 is 10.3 Å². The molecule has 6 heteroatoms. The number of amides is 1. The molecule has 0 aromatic rings. The summed E-state index contributed by atoms with van der Waals surface area (Å²) in [7, 11) is 3.00. The standard InChI is InChI=1S/C10H10N2O2S2/c1-3-5(2)9(13)12-7-8-6(4-15-16-8)11-10(7)14/h3-4H,1-2H3,(H,11,14)(H,12,13)/b5-3+. The van der Waals surface area contributed by atoms with Gasteiger partial charge in [0.15, 0.2) is 0 Å². The molecule has 2 aliphatic rings. The van der Waals surface area contributed by atoms with Crippen LogP contribution in [-0.4, -0.2) is 10.9 Å². The summed E-state index contributed by atoms with van der Waals surface area (Å²) in [5.41, 5.74) is 1.49. The fourth-order valence-corrected chi connectivity index (χ4v) is 3.39. The molecular formula is C10H10N2O2S2. The largest absolute Gasteiger partial charge is 0.319 e. The third-order valence-electron chi connectivity index (χ3n) is 2.27. The molecule has 16 heavy (non-hydrogen) atoms. The van der Waals surface area contributed by atoms with Crippen molar-refractivity contribution in [2.24, 2.45) is 0 Å². The van der Waals surface area contributed by atoms with Gasteiger partial charge in [0.05, 0.1) is 10.6 Å². The molecule has 0 aromatic heterocycles. The van der Waals surface area contributed by atoms with Gasteiger partial charge in [0.2, 0.25) is 0 Å². The Labute approximate surface area is 99.4 Å². The predicted molar refractivity (Wildman–Crippen MR) is 67.5 cm³/mol. The van der Waals surface area contributed by atoms with Crippen molar-refractivity contribution in [2.75, 3.05) is 5.32 Å². The van der Waals surface area contributed by atoms with Crippen LogP contribution in [0, 0.1) is 0 Å². The monoisotopic (exact) mass is 254 g/mol. The second-order valence-electron chi connectivity index (χ2n) is 3.30. The van der Waals surface area contributed by atoms with Crippen LogP contribution < -0.4 is 10.9 Å². The van der Waals surface area contributed by atoms with Gasteiger partial charge in [0.25, 0.3) is 11.5 Å². The Bertz CT molecular complexity index is 576. The molecule has 2 aliphatic heterocycles. The first-order chi connectivity index (χ1) is 7.63. The molecular weight excluding hydrogens is 244 g/mol. The molecule has 2 rings (SSSR count). The normalized spacial score (nSPS) is 12.0. The zero-order valence-electron chi connectivity index (χ0n) is 8.79. The van der Waals surface area contributed by atoms with Gasteiger partial charge in [0.1, 0.15) is 5.69 Å². The van der Waals surface area contributed by atoms with Gasteiger partial charge in [-0.25, -0.2) is 0 Å². The maximum absolute atomic E-state index is 11.6. The van der Waals surface area contributed by atoms with E-state index in [1.54, 1.807) is 19.9 Å². The Balaban J connectivity index is 2.35. The van der Waals surface area contributed by atoms with Gasteiger partial charge in [-0.1, -0.05) is 26.8 Å². The van der Waals surface area contributed by atoms with Crippen molar-refractivity contribution in [3.63, 3.8) is 0 Å². The molecule has 4 nitrogen and oxygen atoms in total. The zero-order chi connectivity index (χ0) is 11.7. The number of rotatable bonds is 2. The van der Waals surface area contributed by atoms with Gasteiger partial charge in [-0.15, -0.1) is 0 Å². The number of hydrogen-bond acceptors (Lipinski definition) is 4. The van der Waals surface area contributed by atoms with E-state index in [9.17, 15) is 9.59 Å². The van der Waals surface area contributed by atoms with E-state index in [4.69, 9.17) is 0 Å². The second kappa shape index (κ2) is 4.23. The van der Waals surface area contributed by atoms with Crippen molar-refractivity contribution >= 4 is 32.3 Å². The van der Waals surface area contributed by atoms with Crippen LogP contribution in [0.5, 0.6) is 0 Å². The van der Waals surface area contributed by atoms with Crippen molar-refractivity contribution in [1.29, 1.82) is 0 Å². The van der Waals surface area contributed by atoms with Crippen molar-refractivity contribution in [1.82, 2.24) is 4.98 Å². The summed E-state index contributed by atoms with van der Waals surface area (Å²) < 4.78 is 0. The first-order valence-electron chi connectivity index (χ1n) is 4.67. The Morgan fingerprint density at radius 2 is 2.31 bits per heavy atom. The lowest BCUT2D eigenvalue weighted by Crippen LogP contribution is -2.17. The van der Waals surface area contributed by atoms with Crippen molar-refractivity contribution in [3.8, 4) is 10.6 Å². The summed E-state index contributed by atoms with van der Waals surface area (Å²) >= 11 is 0. The number of fused-ring (bicyclic) bond motifs is 1. The zero-order valence-corrected chi connectivity index (χ0v) is 10.4. The minimum atomic E-state index is -0.244. The van der Waals surface area contributed by atoms with E-state index in [2.05, 4.69) is 10.3 Å². The van der Waals surface area contributed by atoms with Crippen molar-refractivity contribution < 1.29 is 4.79 Å². The van der Waals surface area contributed by atoms with Crippen LogP contribution in [0.3, 0.4) is 0 Å². The van der Waals surface area contributed by atoms with Gasteiger partial charge in [0, 0.05) is 11.0 Å². The molecule has 0 aromatic carbocycles. The Morgan fingerprint density at radius 1 is 1.56 bits per heavy atom. The maximum atomic E-state index is 11.6. The van der Waals surface area contributed by atoms with E-state index in [1.807, 2.05) is 5.38 Å². The molecule has 1 amide bonds. The van der Waals surface area contributed by atoms with Crippen LogP contribution >= 0.6 is 20.7 Å². The highest BCUT2D eigenvalue weighted by atomic mass is 32.9. The molecule has 84 valence electrons. The first kappa shape index (κ1) is 11.1. The lowest BCUT2D eigenvalue weighted by molar-refractivity contribution is -0.112. The van der Waals surface area contributed by atoms with Crippen LogP contribution in [-0.2, 0) is 4.79 Å². The van der Waals surface area contributed by atoms with Crippen LogP contribution in [0.1, 0.15) is 13.8 Å². The van der Waals surface area contributed by atoms with Gasteiger partial charge in [-0.2, -0.15) is 0 Å². The average Bonchev–Trinajstić information content (AvgIpc) is 2.81. The van der Waals surface area contributed by atoms with Crippen LogP contribution in [0.4, 0.5) is 5.69 Å². The fourth-order valence-electron chi connectivity index (χ4n) is 1.23.